The zero-order valence-electron chi connectivity index (χ0n) is 11.2. The van der Waals surface area contributed by atoms with Gasteiger partial charge in [0.25, 0.3) is 0 Å². The molecule has 1 heterocycles. The lowest BCUT2D eigenvalue weighted by atomic mass is 10.0. The predicted molar refractivity (Wildman–Crippen MR) is 72.7 cm³/mol. The Kier molecular flexibility index (Phi) is 3.96. The summed E-state index contributed by atoms with van der Waals surface area (Å²) in [5.41, 5.74) is 4.99. The van der Waals surface area contributed by atoms with E-state index in [1.54, 1.807) is 6.92 Å². The van der Waals surface area contributed by atoms with Gasteiger partial charge < -0.3 is 15.8 Å². The second-order valence-corrected chi connectivity index (χ2v) is 7.46. The monoisotopic (exact) mass is 324 g/mol. The van der Waals surface area contributed by atoms with Crippen LogP contribution in [0, 0.1) is 5.82 Å². The Morgan fingerprint density at radius 2 is 2.10 bits per heavy atom. The van der Waals surface area contributed by atoms with E-state index in [4.69, 9.17) is 5.73 Å². The van der Waals surface area contributed by atoms with Gasteiger partial charge in [0.15, 0.2) is 21.4 Å². The molecule has 1 aromatic rings. The summed E-state index contributed by atoms with van der Waals surface area (Å²) in [6.07, 6.45) is 0.344. The first-order chi connectivity index (χ1) is 9.60. The molecule has 0 amide bonds. The number of hydrogen-bond donors (Lipinski definition) is 2. The van der Waals surface area contributed by atoms with E-state index in [1.165, 1.54) is 0 Å². The summed E-state index contributed by atoms with van der Waals surface area (Å²) in [5.74, 6) is -1.74. The predicted octanol–water partition coefficient (Wildman–Crippen LogP) is 2.00. The first kappa shape index (κ1) is 15.7. The third-order valence-corrected chi connectivity index (χ3v) is 5.16. The molecular formula is C12H15F3N2O3S. The number of alkyl halides is 2. The number of halogens is 3. The normalized spacial score (nSPS) is 24.2. The summed E-state index contributed by atoms with van der Waals surface area (Å²) >= 11 is 0. The molecule has 1 unspecified atom stereocenters. The second-order valence-electron chi connectivity index (χ2n) is 5.28. The fraction of sp³-hybridized carbons (Fsp3) is 0.500. The minimum atomic E-state index is -3.17. The van der Waals surface area contributed by atoms with E-state index in [2.05, 4.69) is 10.1 Å². The number of rotatable bonds is 4. The molecule has 0 aromatic heterocycles. The van der Waals surface area contributed by atoms with Gasteiger partial charge in [-0.2, -0.15) is 8.78 Å². The first-order valence-corrected chi connectivity index (χ1v) is 7.95. The molecule has 1 aliphatic heterocycles. The number of ether oxygens (including phenoxy) is 1. The lowest BCUT2D eigenvalue weighted by Gasteiger charge is -2.26. The molecule has 118 valence electrons. The number of nitrogens with one attached hydrogen (secondary N) is 1. The zero-order valence-corrected chi connectivity index (χ0v) is 12.0. The molecule has 3 N–H and O–H groups in total. The van der Waals surface area contributed by atoms with Crippen molar-refractivity contribution in [3.8, 4) is 5.75 Å². The number of nitrogens with two attached hydrogens (primary N) is 1. The smallest absolute Gasteiger partial charge is 0.387 e. The highest BCUT2D eigenvalue weighted by Gasteiger charge is 2.38. The molecule has 9 heteroatoms. The molecule has 0 saturated carbocycles. The molecule has 2 rings (SSSR count). The van der Waals surface area contributed by atoms with Gasteiger partial charge in [-0.15, -0.1) is 0 Å². The van der Waals surface area contributed by atoms with Crippen LogP contribution in [0.5, 0.6) is 5.75 Å². The largest absolute Gasteiger partial charge is 0.432 e. The molecule has 1 saturated heterocycles. The molecule has 21 heavy (non-hydrogen) atoms. The number of nitrogen functional groups attached to an aromatic ring is 1. The lowest BCUT2D eigenvalue weighted by Crippen LogP contribution is -2.36. The van der Waals surface area contributed by atoms with Gasteiger partial charge in [-0.25, -0.2) is 12.8 Å². The highest BCUT2D eigenvalue weighted by molar-refractivity contribution is 7.91. The SMILES string of the molecule is CC1(Nc2cc(OC(F)F)c(F)cc2N)CCS(=O)(=O)C1. The summed E-state index contributed by atoms with van der Waals surface area (Å²) in [4.78, 5) is 0. The summed E-state index contributed by atoms with van der Waals surface area (Å²) in [5, 5.41) is 2.89. The van der Waals surface area contributed by atoms with E-state index in [1.807, 2.05) is 0 Å². The Balaban J connectivity index is 2.28. The molecule has 5 nitrogen and oxygen atoms in total. The van der Waals surface area contributed by atoms with E-state index in [-0.39, 0.29) is 22.9 Å². The molecule has 0 aliphatic carbocycles. The van der Waals surface area contributed by atoms with Crippen LogP contribution in [-0.4, -0.2) is 32.1 Å². The van der Waals surface area contributed by atoms with E-state index in [0.717, 1.165) is 12.1 Å². The van der Waals surface area contributed by atoms with Crippen LogP contribution < -0.4 is 15.8 Å². The maximum atomic E-state index is 13.5. The minimum Gasteiger partial charge on any atom is -0.432 e. The molecular weight excluding hydrogens is 309 g/mol. The van der Waals surface area contributed by atoms with E-state index < -0.39 is 33.6 Å². The Morgan fingerprint density at radius 3 is 2.62 bits per heavy atom. The fourth-order valence-corrected chi connectivity index (χ4v) is 4.39. The molecule has 1 atom stereocenters. The topological polar surface area (TPSA) is 81.4 Å². The highest BCUT2D eigenvalue weighted by atomic mass is 32.2. The molecule has 0 radical (unpaired) electrons. The molecule has 1 aromatic carbocycles. The van der Waals surface area contributed by atoms with Gasteiger partial charge in [0, 0.05) is 17.7 Å². The van der Waals surface area contributed by atoms with Crippen LogP contribution in [-0.2, 0) is 9.84 Å². The molecule has 0 spiro atoms. The highest BCUT2D eigenvalue weighted by Crippen LogP contribution is 2.34. The Morgan fingerprint density at radius 1 is 1.43 bits per heavy atom. The number of sulfone groups is 1. The van der Waals surface area contributed by atoms with Crippen LogP contribution in [0.1, 0.15) is 13.3 Å². The average molecular weight is 324 g/mol. The Bertz CT molecular complexity index is 651. The van der Waals surface area contributed by atoms with Gasteiger partial charge in [-0.3, -0.25) is 0 Å². The van der Waals surface area contributed by atoms with Gasteiger partial charge in [0.05, 0.1) is 22.9 Å². The third kappa shape index (κ3) is 3.72. The van der Waals surface area contributed by atoms with Crippen molar-refractivity contribution < 1.29 is 26.3 Å². The van der Waals surface area contributed by atoms with Gasteiger partial charge in [0.2, 0.25) is 0 Å². The van der Waals surface area contributed by atoms with Crippen LogP contribution >= 0.6 is 0 Å². The van der Waals surface area contributed by atoms with Crippen molar-refractivity contribution in [1.82, 2.24) is 0 Å². The average Bonchev–Trinajstić information content (AvgIpc) is 2.59. The molecule has 1 aliphatic rings. The number of hydrogen-bond acceptors (Lipinski definition) is 5. The van der Waals surface area contributed by atoms with E-state index >= 15 is 0 Å². The van der Waals surface area contributed by atoms with Crippen LogP contribution in [0.4, 0.5) is 24.5 Å². The standard InChI is InChI=1S/C12H15F3N2O3S/c1-12(2-3-21(18,19)6-12)17-9-5-10(20-11(14)15)7(13)4-8(9)16/h4-5,11,17H,2-3,6,16H2,1H3. The Hall–Kier alpha value is -1.64. The van der Waals surface area contributed by atoms with Crippen molar-refractivity contribution >= 4 is 21.2 Å². The van der Waals surface area contributed by atoms with Gasteiger partial charge in [-0.1, -0.05) is 0 Å². The second kappa shape index (κ2) is 5.28. The quantitative estimate of drug-likeness (QED) is 0.828. The van der Waals surface area contributed by atoms with Gasteiger partial charge >= 0.3 is 6.61 Å². The van der Waals surface area contributed by atoms with Crippen LogP contribution in [0.25, 0.3) is 0 Å². The van der Waals surface area contributed by atoms with Gasteiger partial charge in [-0.05, 0) is 13.3 Å². The molecule has 1 fully saturated rings. The summed E-state index contributed by atoms with van der Waals surface area (Å²) in [6.45, 7) is -1.49. The fourth-order valence-electron chi connectivity index (χ4n) is 2.30. The lowest BCUT2D eigenvalue weighted by molar-refractivity contribution is -0.0521. The van der Waals surface area contributed by atoms with Crippen molar-refractivity contribution in [3.05, 3.63) is 17.9 Å². The molecule has 0 bridgehead atoms. The van der Waals surface area contributed by atoms with Crippen molar-refractivity contribution in [2.75, 3.05) is 22.6 Å². The van der Waals surface area contributed by atoms with Gasteiger partial charge in [0.1, 0.15) is 0 Å². The number of anilines is 2. The third-order valence-electron chi connectivity index (χ3n) is 3.26. The maximum absolute atomic E-state index is 13.5. The van der Waals surface area contributed by atoms with Crippen LogP contribution in [0.3, 0.4) is 0 Å². The summed E-state index contributed by atoms with van der Waals surface area (Å²) < 4.78 is 65.0. The van der Waals surface area contributed by atoms with E-state index in [9.17, 15) is 21.6 Å². The van der Waals surface area contributed by atoms with E-state index in [0.29, 0.717) is 6.42 Å². The van der Waals surface area contributed by atoms with Crippen molar-refractivity contribution in [2.45, 2.75) is 25.5 Å². The van der Waals surface area contributed by atoms with Crippen molar-refractivity contribution in [3.63, 3.8) is 0 Å². The summed E-state index contributed by atoms with van der Waals surface area (Å²) in [6, 6.07) is 1.86. The Labute approximate surface area is 120 Å². The maximum Gasteiger partial charge on any atom is 0.387 e. The van der Waals surface area contributed by atoms with Crippen molar-refractivity contribution in [2.24, 2.45) is 0 Å². The first-order valence-electron chi connectivity index (χ1n) is 6.13. The van der Waals surface area contributed by atoms with Crippen LogP contribution in [0.15, 0.2) is 12.1 Å². The minimum absolute atomic E-state index is 0.0142. The van der Waals surface area contributed by atoms with Crippen LogP contribution in [0.2, 0.25) is 0 Å². The zero-order chi connectivity index (χ0) is 15.8. The number of benzene rings is 1. The van der Waals surface area contributed by atoms with Crippen molar-refractivity contribution in [1.29, 1.82) is 0 Å². The summed E-state index contributed by atoms with van der Waals surface area (Å²) in [7, 11) is -3.15.